The van der Waals surface area contributed by atoms with E-state index in [0.29, 0.717) is 0 Å². The fourth-order valence-corrected chi connectivity index (χ4v) is 0.758. The Balaban J connectivity index is 4.53. The maximum absolute atomic E-state index is 12.5. The fraction of sp³-hybridized carbons (Fsp3) is 1.00. The van der Waals surface area contributed by atoms with Gasteiger partial charge in [0.05, 0.1) is 0 Å². The summed E-state index contributed by atoms with van der Waals surface area (Å²) in [6, 6.07) is 0. The molecule has 0 unspecified atom stereocenters. The number of hydrogen-bond acceptors (Lipinski definition) is 0. The highest BCUT2D eigenvalue weighted by Crippen LogP contribution is 2.41. The van der Waals surface area contributed by atoms with Crippen LogP contribution in [0.5, 0.6) is 0 Å². The molecule has 11 heavy (non-hydrogen) atoms. The molecular weight excluding hydrogens is 228 g/mol. The lowest BCUT2D eigenvalue weighted by atomic mass is 9.88. The summed E-state index contributed by atoms with van der Waals surface area (Å²) in [6.07, 6.45) is -3.60. The summed E-state index contributed by atoms with van der Waals surface area (Å²) >= 11 is 2.76. The molecule has 0 rings (SSSR count). The van der Waals surface area contributed by atoms with Crippen LogP contribution < -0.4 is 0 Å². The standard InChI is InChI=1S/C6H9BrF4/c1-5(2,3-7)6(10,11)4(8)9/h4H,3H2,1-2H3. The Morgan fingerprint density at radius 2 is 1.64 bits per heavy atom. The van der Waals surface area contributed by atoms with Gasteiger partial charge in [-0.1, -0.05) is 29.8 Å². The Morgan fingerprint density at radius 3 is 1.73 bits per heavy atom. The normalized spacial score (nSPS) is 14.2. The summed E-state index contributed by atoms with van der Waals surface area (Å²) in [7, 11) is 0. The smallest absolute Gasteiger partial charge is 0.204 e. The van der Waals surface area contributed by atoms with Crippen LogP contribution in [0.25, 0.3) is 0 Å². The van der Waals surface area contributed by atoms with Crippen molar-refractivity contribution in [3.05, 3.63) is 0 Å². The molecular formula is C6H9BrF4. The second-order valence-corrected chi connectivity index (χ2v) is 3.50. The van der Waals surface area contributed by atoms with Gasteiger partial charge in [0.2, 0.25) is 0 Å². The van der Waals surface area contributed by atoms with Gasteiger partial charge in [-0.3, -0.25) is 0 Å². The van der Waals surface area contributed by atoms with Crippen molar-refractivity contribution in [3.63, 3.8) is 0 Å². The van der Waals surface area contributed by atoms with E-state index in [-0.39, 0.29) is 5.33 Å². The van der Waals surface area contributed by atoms with Gasteiger partial charge in [-0.15, -0.1) is 0 Å². The molecule has 0 saturated carbocycles. The molecule has 0 aromatic heterocycles. The number of halogens is 5. The molecule has 0 aromatic carbocycles. The molecule has 0 aliphatic rings. The van der Waals surface area contributed by atoms with E-state index in [2.05, 4.69) is 15.9 Å². The monoisotopic (exact) mass is 236 g/mol. The van der Waals surface area contributed by atoms with Crippen molar-refractivity contribution in [1.29, 1.82) is 0 Å². The molecule has 0 atom stereocenters. The minimum Gasteiger partial charge on any atom is -0.204 e. The van der Waals surface area contributed by atoms with Crippen LogP contribution in [0.4, 0.5) is 17.6 Å². The van der Waals surface area contributed by atoms with Gasteiger partial charge in [0, 0.05) is 10.7 Å². The second kappa shape index (κ2) is 3.29. The second-order valence-electron chi connectivity index (χ2n) is 2.94. The number of hydrogen-bond donors (Lipinski definition) is 0. The summed E-state index contributed by atoms with van der Waals surface area (Å²) in [5, 5.41) is -0.155. The first-order valence-electron chi connectivity index (χ1n) is 2.97. The van der Waals surface area contributed by atoms with Gasteiger partial charge in [-0.05, 0) is 0 Å². The van der Waals surface area contributed by atoms with Crippen LogP contribution in [0.15, 0.2) is 0 Å². The van der Waals surface area contributed by atoms with Crippen molar-refractivity contribution >= 4 is 15.9 Å². The van der Waals surface area contributed by atoms with Crippen molar-refractivity contribution < 1.29 is 17.6 Å². The van der Waals surface area contributed by atoms with Crippen molar-refractivity contribution in [1.82, 2.24) is 0 Å². The lowest BCUT2D eigenvalue weighted by Crippen LogP contribution is -2.43. The van der Waals surface area contributed by atoms with Gasteiger partial charge in [-0.25, -0.2) is 8.78 Å². The molecule has 0 spiro atoms. The molecule has 0 saturated heterocycles. The lowest BCUT2D eigenvalue weighted by molar-refractivity contribution is -0.189. The lowest BCUT2D eigenvalue weighted by Gasteiger charge is -2.31. The van der Waals surface area contributed by atoms with Crippen molar-refractivity contribution in [2.75, 3.05) is 5.33 Å². The molecule has 0 N–H and O–H groups in total. The summed E-state index contributed by atoms with van der Waals surface area (Å²) in [5.74, 6) is -3.93. The van der Waals surface area contributed by atoms with Crippen LogP contribution in [-0.4, -0.2) is 17.7 Å². The van der Waals surface area contributed by atoms with Gasteiger partial charge < -0.3 is 0 Å². The Bertz CT molecular complexity index is 133. The van der Waals surface area contributed by atoms with Gasteiger partial charge in [-0.2, -0.15) is 8.78 Å². The molecule has 0 aromatic rings. The van der Waals surface area contributed by atoms with Crippen LogP contribution in [0.2, 0.25) is 0 Å². The molecule has 68 valence electrons. The van der Waals surface area contributed by atoms with Crippen LogP contribution in [0, 0.1) is 5.41 Å². The van der Waals surface area contributed by atoms with Crippen molar-refractivity contribution in [3.8, 4) is 0 Å². The predicted octanol–water partition coefficient (Wildman–Crippen LogP) is 3.31. The number of rotatable bonds is 3. The summed E-state index contributed by atoms with van der Waals surface area (Å²) in [4.78, 5) is 0. The van der Waals surface area contributed by atoms with E-state index in [0.717, 1.165) is 13.8 Å². The molecule has 0 heterocycles. The SMILES string of the molecule is CC(C)(CBr)C(F)(F)C(F)F. The summed E-state index contributed by atoms with van der Waals surface area (Å²) in [6.45, 7) is 2.18. The minimum absolute atomic E-state index is 0.155. The first-order valence-corrected chi connectivity index (χ1v) is 4.10. The van der Waals surface area contributed by atoms with Crippen LogP contribution in [0.1, 0.15) is 13.8 Å². The predicted molar refractivity (Wildman–Crippen MR) is 38.5 cm³/mol. The molecule has 0 nitrogen and oxygen atoms in total. The van der Waals surface area contributed by atoms with Crippen LogP contribution >= 0.6 is 15.9 Å². The highest BCUT2D eigenvalue weighted by atomic mass is 79.9. The fourth-order valence-electron chi connectivity index (χ4n) is 0.384. The van der Waals surface area contributed by atoms with Crippen molar-refractivity contribution in [2.45, 2.75) is 26.2 Å². The van der Waals surface area contributed by atoms with E-state index in [1.54, 1.807) is 0 Å². The Labute approximate surface area is 71.1 Å². The van der Waals surface area contributed by atoms with Gasteiger partial charge >= 0.3 is 12.3 Å². The molecule has 0 fully saturated rings. The molecule has 5 heteroatoms. The zero-order valence-electron chi connectivity index (χ0n) is 6.17. The molecule has 0 amide bonds. The first-order chi connectivity index (χ1) is 4.75. The zero-order chi connectivity index (χ0) is 9.28. The van der Waals surface area contributed by atoms with Crippen LogP contribution in [0.3, 0.4) is 0 Å². The van der Waals surface area contributed by atoms with E-state index >= 15 is 0 Å². The zero-order valence-corrected chi connectivity index (χ0v) is 7.76. The van der Waals surface area contributed by atoms with E-state index in [1.165, 1.54) is 0 Å². The maximum Gasteiger partial charge on any atom is 0.313 e. The third kappa shape index (κ3) is 2.07. The van der Waals surface area contributed by atoms with Crippen molar-refractivity contribution in [2.24, 2.45) is 5.41 Å². The summed E-state index contributed by atoms with van der Waals surface area (Å²) in [5.41, 5.74) is -1.71. The number of alkyl halides is 5. The highest BCUT2D eigenvalue weighted by molar-refractivity contribution is 9.09. The van der Waals surface area contributed by atoms with Gasteiger partial charge in [0.15, 0.2) is 0 Å². The van der Waals surface area contributed by atoms with Gasteiger partial charge in [0.1, 0.15) is 0 Å². The summed E-state index contributed by atoms with van der Waals surface area (Å²) < 4.78 is 48.5. The topological polar surface area (TPSA) is 0 Å². The van der Waals surface area contributed by atoms with E-state index in [4.69, 9.17) is 0 Å². The van der Waals surface area contributed by atoms with E-state index < -0.39 is 17.8 Å². The minimum atomic E-state index is -3.93. The molecule has 0 bridgehead atoms. The van der Waals surface area contributed by atoms with E-state index in [1.807, 2.05) is 0 Å². The van der Waals surface area contributed by atoms with Crippen LogP contribution in [-0.2, 0) is 0 Å². The Morgan fingerprint density at radius 1 is 1.27 bits per heavy atom. The van der Waals surface area contributed by atoms with E-state index in [9.17, 15) is 17.6 Å². The largest absolute Gasteiger partial charge is 0.313 e. The Hall–Kier alpha value is 0.200. The molecule has 0 aliphatic carbocycles. The molecule has 0 aliphatic heterocycles. The van der Waals surface area contributed by atoms with Gasteiger partial charge in [0.25, 0.3) is 0 Å². The molecule has 0 radical (unpaired) electrons. The maximum atomic E-state index is 12.5. The third-order valence-corrected chi connectivity index (χ3v) is 2.91. The quantitative estimate of drug-likeness (QED) is 0.521. The average Bonchev–Trinajstić information content (AvgIpc) is 1.87. The third-order valence-electron chi connectivity index (χ3n) is 1.51. The Kier molecular flexibility index (Phi) is 3.35. The average molecular weight is 237 g/mol. The first kappa shape index (κ1) is 11.2. The highest BCUT2D eigenvalue weighted by Gasteiger charge is 2.53.